The van der Waals surface area contributed by atoms with Crippen molar-refractivity contribution in [2.45, 2.75) is 6.54 Å². The SMILES string of the molecule is O=C(Cn1c(=O)[nH]c2ccccc2c1=O)Nc1ccc(Br)cc1F. The summed E-state index contributed by atoms with van der Waals surface area (Å²) in [5, 5.41) is 2.63. The molecule has 1 amide bonds. The van der Waals surface area contributed by atoms with E-state index in [-0.39, 0.29) is 5.69 Å². The first-order valence-corrected chi connectivity index (χ1v) is 7.72. The Labute approximate surface area is 143 Å². The van der Waals surface area contributed by atoms with E-state index in [9.17, 15) is 18.8 Å². The van der Waals surface area contributed by atoms with Crippen molar-refractivity contribution >= 4 is 38.4 Å². The number of nitrogens with zero attached hydrogens (tertiary/aromatic N) is 1. The van der Waals surface area contributed by atoms with Gasteiger partial charge in [0.05, 0.1) is 16.6 Å². The van der Waals surface area contributed by atoms with Crippen molar-refractivity contribution in [3.63, 3.8) is 0 Å². The first-order valence-electron chi connectivity index (χ1n) is 6.92. The molecule has 8 heteroatoms. The minimum atomic E-state index is -0.704. The van der Waals surface area contributed by atoms with Gasteiger partial charge in [0, 0.05) is 4.47 Å². The summed E-state index contributed by atoms with van der Waals surface area (Å²) in [5.74, 6) is -1.31. The van der Waals surface area contributed by atoms with Gasteiger partial charge in [-0.15, -0.1) is 0 Å². The largest absolute Gasteiger partial charge is 0.329 e. The maximum Gasteiger partial charge on any atom is 0.329 e. The molecule has 0 saturated heterocycles. The fourth-order valence-corrected chi connectivity index (χ4v) is 2.60. The number of halogens is 2. The second-order valence-corrected chi connectivity index (χ2v) is 5.96. The number of H-pyrrole nitrogens is 1. The highest BCUT2D eigenvalue weighted by Crippen LogP contribution is 2.19. The molecule has 1 aromatic heterocycles. The molecule has 0 atom stereocenters. The molecule has 1 heterocycles. The maximum absolute atomic E-state index is 13.7. The fraction of sp³-hybridized carbons (Fsp3) is 0.0625. The van der Waals surface area contributed by atoms with E-state index in [1.54, 1.807) is 30.3 Å². The van der Waals surface area contributed by atoms with Crippen LogP contribution in [0.4, 0.5) is 10.1 Å². The summed E-state index contributed by atoms with van der Waals surface area (Å²) in [6.07, 6.45) is 0. The van der Waals surface area contributed by atoms with Gasteiger partial charge in [0.25, 0.3) is 5.56 Å². The van der Waals surface area contributed by atoms with Gasteiger partial charge in [-0.3, -0.25) is 14.2 Å². The Balaban J connectivity index is 1.91. The molecule has 0 aliphatic rings. The van der Waals surface area contributed by atoms with Crippen LogP contribution in [0.2, 0.25) is 0 Å². The Morgan fingerprint density at radius 2 is 1.96 bits per heavy atom. The number of carbonyl (C=O) groups excluding carboxylic acids is 1. The second kappa shape index (κ2) is 6.40. The molecule has 3 rings (SSSR count). The summed E-state index contributed by atoms with van der Waals surface area (Å²) < 4.78 is 15.0. The van der Waals surface area contributed by atoms with Gasteiger partial charge in [0.2, 0.25) is 5.91 Å². The van der Waals surface area contributed by atoms with E-state index in [2.05, 4.69) is 26.2 Å². The monoisotopic (exact) mass is 391 g/mol. The number of nitrogens with one attached hydrogen (secondary N) is 2. The van der Waals surface area contributed by atoms with Crippen LogP contribution < -0.4 is 16.6 Å². The average molecular weight is 392 g/mol. The Morgan fingerprint density at radius 1 is 1.21 bits per heavy atom. The number of aromatic nitrogens is 2. The number of benzene rings is 2. The number of anilines is 1. The molecule has 0 fully saturated rings. The molecule has 0 saturated carbocycles. The first kappa shape index (κ1) is 16.1. The molecule has 0 aliphatic heterocycles. The molecule has 122 valence electrons. The van der Waals surface area contributed by atoms with Gasteiger partial charge in [0.15, 0.2) is 0 Å². The summed E-state index contributed by atoms with van der Waals surface area (Å²) >= 11 is 3.11. The number of fused-ring (bicyclic) bond motifs is 1. The maximum atomic E-state index is 13.7. The van der Waals surface area contributed by atoms with Crippen molar-refractivity contribution in [2.24, 2.45) is 0 Å². The van der Waals surface area contributed by atoms with Gasteiger partial charge >= 0.3 is 5.69 Å². The molecule has 6 nitrogen and oxygen atoms in total. The van der Waals surface area contributed by atoms with Crippen LogP contribution in [0.3, 0.4) is 0 Å². The highest BCUT2D eigenvalue weighted by Gasteiger charge is 2.13. The Hall–Kier alpha value is -2.74. The fourth-order valence-electron chi connectivity index (χ4n) is 2.27. The molecule has 24 heavy (non-hydrogen) atoms. The lowest BCUT2D eigenvalue weighted by atomic mass is 10.2. The quantitative estimate of drug-likeness (QED) is 0.717. The smallest absolute Gasteiger partial charge is 0.322 e. The van der Waals surface area contributed by atoms with Crippen LogP contribution >= 0.6 is 15.9 Å². The first-order chi connectivity index (χ1) is 11.5. The molecule has 0 spiro atoms. The van der Waals surface area contributed by atoms with Crippen molar-refractivity contribution < 1.29 is 9.18 Å². The summed E-state index contributed by atoms with van der Waals surface area (Å²) in [6, 6.07) is 10.6. The molecule has 2 aromatic carbocycles. The van der Waals surface area contributed by atoms with Crippen molar-refractivity contribution in [3.05, 3.63) is 73.6 Å². The molecule has 0 aliphatic carbocycles. The number of aromatic amines is 1. The van der Waals surface area contributed by atoms with Crippen LogP contribution in [0.15, 0.2) is 56.5 Å². The molecule has 2 N–H and O–H groups in total. The van der Waals surface area contributed by atoms with E-state index in [1.807, 2.05) is 0 Å². The Morgan fingerprint density at radius 3 is 2.71 bits per heavy atom. The lowest BCUT2D eigenvalue weighted by molar-refractivity contribution is -0.116. The zero-order chi connectivity index (χ0) is 17.3. The summed E-state index contributed by atoms with van der Waals surface area (Å²) in [5.41, 5.74) is -0.928. The zero-order valence-electron chi connectivity index (χ0n) is 12.2. The molecule has 3 aromatic rings. The average Bonchev–Trinajstić information content (AvgIpc) is 2.54. The van der Waals surface area contributed by atoms with E-state index in [4.69, 9.17) is 0 Å². The molecule has 0 unspecified atom stereocenters. The van der Waals surface area contributed by atoms with Gasteiger partial charge in [-0.05, 0) is 30.3 Å². The van der Waals surface area contributed by atoms with Crippen LogP contribution in [0.25, 0.3) is 10.9 Å². The topological polar surface area (TPSA) is 84.0 Å². The predicted molar refractivity (Wildman–Crippen MR) is 91.6 cm³/mol. The van der Waals surface area contributed by atoms with Crippen LogP contribution in [0.5, 0.6) is 0 Å². The van der Waals surface area contributed by atoms with Gasteiger partial charge < -0.3 is 10.3 Å². The normalized spacial score (nSPS) is 10.8. The third-order valence-corrected chi connectivity index (χ3v) is 3.89. The van der Waals surface area contributed by atoms with Crippen molar-refractivity contribution in [1.29, 1.82) is 0 Å². The number of para-hydroxylation sites is 1. The Kier molecular flexibility index (Phi) is 4.30. The minimum absolute atomic E-state index is 0.0338. The minimum Gasteiger partial charge on any atom is -0.322 e. The molecule has 0 radical (unpaired) electrons. The van der Waals surface area contributed by atoms with Gasteiger partial charge in [-0.1, -0.05) is 28.1 Å². The van der Waals surface area contributed by atoms with Crippen molar-refractivity contribution in [2.75, 3.05) is 5.32 Å². The van der Waals surface area contributed by atoms with Crippen LogP contribution in [-0.2, 0) is 11.3 Å². The van der Waals surface area contributed by atoms with Crippen molar-refractivity contribution in [3.8, 4) is 0 Å². The Bertz CT molecular complexity index is 1060. The predicted octanol–water partition coefficient (Wildman–Crippen LogP) is 2.23. The van der Waals surface area contributed by atoms with Gasteiger partial charge in [-0.2, -0.15) is 0 Å². The van der Waals surface area contributed by atoms with Crippen LogP contribution in [-0.4, -0.2) is 15.5 Å². The number of hydrogen-bond acceptors (Lipinski definition) is 3. The number of amides is 1. The van der Waals surface area contributed by atoms with Crippen LogP contribution in [0.1, 0.15) is 0 Å². The third kappa shape index (κ3) is 3.13. The third-order valence-electron chi connectivity index (χ3n) is 3.40. The lowest BCUT2D eigenvalue weighted by Gasteiger charge is -2.08. The van der Waals surface area contributed by atoms with Crippen LogP contribution in [0, 0.1) is 5.82 Å². The number of carbonyl (C=O) groups is 1. The molecular formula is C16H11BrFN3O3. The molecule has 0 bridgehead atoms. The number of hydrogen-bond donors (Lipinski definition) is 2. The van der Waals surface area contributed by atoms with E-state index in [0.717, 1.165) is 4.57 Å². The van der Waals surface area contributed by atoms with Gasteiger partial charge in [-0.25, -0.2) is 9.18 Å². The van der Waals surface area contributed by atoms with E-state index in [0.29, 0.717) is 15.4 Å². The standard InChI is InChI=1S/C16H11BrFN3O3/c17-9-5-6-13(11(18)7-9)19-14(22)8-21-15(23)10-3-1-2-4-12(10)20-16(21)24/h1-7H,8H2,(H,19,22)(H,20,24). The lowest BCUT2D eigenvalue weighted by Crippen LogP contribution is -2.38. The highest BCUT2D eigenvalue weighted by molar-refractivity contribution is 9.10. The summed E-state index contributed by atoms with van der Waals surface area (Å²) in [4.78, 5) is 38.9. The second-order valence-electron chi connectivity index (χ2n) is 5.04. The van der Waals surface area contributed by atoms with E-state index in [1.165, 1.54) is 12.1 Å². The summed E-state index contributed by atoms with van der Waals surface area (Å²) in [7, 11) is 0. The highest BCUT2D eigenvalue weighted by atomic mass is 79.9. The molecular weight excluding hydrogens is 381 g/mol. The summed E-state index contributed by atoms with van der Waals surface area (Å²) in [6.45, 7) is -0.519. The number of rotatable bonds is 3. The van der Waals surface area contributed by atoms with E-state index < -0.39 is 29.5 Å². The zero-order valence-corrected chi connectivity index (χ0v) is 13.8. The van der Waals surface area contributed by atoms with Gasteiger partial charge in [0.1, 0.15) is 12.4 Å². The van der Waals surface area contributed by atoms with Crippen molar-refractivity contribution in [1.82, 2.24) is 9.55 Å². The van der Waals surface area contributed by atoms with E-state index >= 15 is 0 Å².